The summed E-state index contributed by atoms with van der Waals surface area (Å²) in [5.41, 5.74) is 0.901. The number of aromatic nitrogens is 4. The standard InChI is InChI=1S/C26H32FN5O3/c1-16(2)23-19(29-22(32-23)8-5-9-26(3)15-28-10-11-35-26)14-21-25(34)30-20(24(33)31-21)13-17-6-4-7-18(27)12-17/h4,6-7,12-14,16,28H,5,8-11,15H2,1-3H3,(H,29,32)(H,30,34)(H,31,33)/b20-13-,21-14-/t26-/m0/s1. The van der Waals surface area contributed by atoms with Gasteiger partial charge in [-0.1, -0.05) is 26.0 Å². The lowest BCUT2D eigenvalue weighted by atomic mass is 9.97. The summed E-state index contributed by atoms with van der Waals surface area (Å²) in [5.74, 6) is 0.564. The minimum absolute atomic E-state index is 0.0532. The quantitative estimate of drug-likeness (QED) is 0.407. The molecule has 8 nitrogen and oxygen atoms in total. The summed E-state index contributed by atoms with van der Waals surface area (Å²) in [6.07, 6.45) is 5.60. The van der Waals surface area contributed by atoms with Gasteiger partial charge in [0.25, 0.3) is 11.1 Å². The third kappa shape index (κ3) is 6.23. The first-order valence-corrected chi connectivity index (χ1v) is 12.0. The largest absolute Gasteiger partial charge is 0.373 e. The SMILES string of the molecule is CC(C)c1[nH]c(CCC[C@@]2(C)CNCCO2)nc1/C=c1\[nH]c(=O)/c(=C/c2cccc(F)c2)[nH]c1=O. The maximum Gasteiger partial charge on any atom is 0.272 e. The van der Waals surface area contributed by atoms with Crippen molar-refractivity contribution in [1.29, 1.82) is 0 Å². The second-order valence-electron chi connectivity index (χ2n) is 9.55. The van der Waals surface area contributed by atoms with Crippen LogP contribution in [0.5, 0.6) is 0 Å². The average Bonchev–Trinajstić information content (AvgIpc) is 3.20. The number of rotatable bonds is 7. The Labute approximate surface area is 202 Å². The zero-order valence-corrected chi connectivity index (χ0v) is 20.3. The minimum Gasteiger partial charge on any atom is -0.373 e. The van der Waals surface area contributed by atoms with Crippen molar-refractivity contribution in [2.75, 3.05) is 19.7 Å². The van der Waals surface area contributed by atoms with Crippen molar-refractivity contribution in [3.63, 3.8) is 0 Å². The lowest BCUT2D eigenvalue weighted by molar-refractivity contribution is -0.0586. The molecule has 1 aromatic carbocycles. The van der Waals surface area contributed by atoms with Gasteiger partial charge in [0, 0.05) is 25.2 Å². The van der Waals surface area contributed by atoms with Crippen molar-refractivity contribution >= 4 is 12.2 Å². The summed E-state index contributed by atoms with van der Waals surface area (Å²) in [6, 6.07) is 5.79. The molecule has 1 saturated heterocycles. The third-order valence-corrected chi connectivity index (χ3v) is 6.16. The Morgan fingerprint density at radius 3 is 2.54 bits per heavy atom. The number of imidazole rings is 1. The molecule has 0 aliphatic carbocycles. The number of morpholine rings is 1. The molecule has 3 heterocycles. The van der Waals surface area contributed by atoms with Crippen LogP contribution in [0.1, 0.15) is 62.3 Å². The zero-order chi connectivity index (χ0) is 25.0. The molecular weight excluding hydrogens is 449 g/mol. The minimum atomic E-state index is -0.476. The number of aryl methyl sites for hydroxylation is 1. The normalized spacial score (nSPS) is 19.6. The number of aromatic amines is 3. The number of nitrogens with one attached hydrogen (secondary N) is 4. The molecule has 0 spiro atoms. The Bertz CT molecular complexity index is 1410. The molecule has 0 bridgehead atoms. The number of H-pyrrole nitrogens is 3. The highest BCUT2D eigenvalue weighted by Gasteiger charge is 2.27. The van der Waals surface area contributed by atoms with Crippen LogP contribution in [0.2, 0.25) is 0 Å². The Morgan fingerprint density at radius 2 is 1.89 bits per heavy atom. The average molecular weight is 482 g/mol. The van der Waals surface area contributed by atoms with Crippen molar-refractivity contribution in [2.24, 2.45) is 0 Å². The van der Waals surface area contributed by atoms with Gasteiger partial charge >= 0.3 is 0 Å². The van der Waals surface area contributed by atoms with Crippen LogP contribution in [0.3, 0.4) is 0 Å². The maximum atomic E-state index is 13.5. The zero-order valence-electron chi connectivity index (χ0n) is 20.3. The molecule has 1 fully saturated rings. The molecule has 0 radical (unpaired) electrons. The van der Waals surface area contributed by atoms with E-state index in [0.29, 0.717) is 11.3 Å². The van der Waals surface area contributed by atoms with Crippen molar-refractivity contribution < 1.29 is 9.13 Å². The van der Waals surface area contributed by atoms with Crippen LogP contribution in [-0.2, 0) is 11.2 Å². The Kier molecular flexibility index (Phi) is 7.47. The van der Waals surface area contributed by atoms with Gasteiger partial charge in [0.05, 0.1) is 17.9 Å². The summed E-state index contributed by atoms with van der Waals surface area (Å²) < 4.78 is 19.4. The molecule has 186 valence electrons. The molecule has 9 heteroatoms. The summed E-state index contributed by atoms with van der Waals surface area (Å²) in [7, 11) is 0. The Hall–Kier alpha value is -3.30. The van der Waals surface area contributed by atoms with E-state index in [1.807, 2.05) is 13.8 Å². The molecule has 35 heavy (non-hydrogen) atoms. The topological polar surface area (TPSA) is 116 Å². The predicted molar refractivity (Wildman–Crippen MR) is 133 cm³/mol. The van der Waals surface area contributed by atoms with Crippen LogP contribution in [0, 0.1) is 5.82 Å². The highest BCUT2D eigenvalue weighted by atomic mass is 19.1. The van der Waals surface area contributed by atoms with Crippen molar-refractivity contribution in [3.05, 3.63) is 84.3 Å². The van der Waals surface area contributed by atoms with Gasteiger partial charge < -0.3 is 25.0 Å². The van der Waals surface area contributed by atoms with Crippen molar-refractivity contribution in [1.82, 2.24) is 25.3 Å². The lowest BCUT2D eigenvalue weighted by Crippen LogP contribution is -2.47. The number of hydrogen-bond donors (Lipinski definition) is 4. The van der Waals surface area contributed by atoms with E-state index >= 15 is 0 Å². The molecule has 0 amide bonds. The van der Waals surface area contributed by atoms with E-state index in [1.165, 1.54) is 24.3 Å². The summed E-state index contributed by atoms with van der Waals surface area (Å²) in [6.45, 7) is 8.65. The van der Waals surface area contributed by atoms with Crippen LogP contribution in [0.4, 0.5) is 4.39 Å². The molecular formula is C26H32FN5O3. The van der Waals surface area contributed by atoms with E-state index in [2.05, 4.69) is 27.2 Å². The second-order valence-corrected chi connectivity index (χ2v) is 9.55. The molecule has 3 aromatic rings. The van der Waals surface area contributed by atoms with E-state index < -0.39 is 16.9 Å². The number of halogens is 1. The smallest absolute Gasteiger partial charge is 0.272 e. The fraction of sp³-hybridized carbons (Fsp3) is 0.423. The van der Waals surface area contributed by atoms with Gasteiger partial charge in [0.15, 0.2) is 0 Å². The van der Waals surface area contributed by atoms with Crippen molar-refractivity contribution in [3.8, 4) is 0 Å². The van der Waals surface area contributed by atoms with Gasteiger partial charge in [0.1, 0.15) is 22.3 Å². The van der Waals surface area contributed by atoms with Gasteiger partial charge in [-0.05, 0) is 55.5 Å². The number of nitrogens with zero attached hydrogens (tertiary/aromatic N) is 1. The first-order valence-electron chi connectivity index (χ1n) is 12.0. The molecule has 1 aliphatic rings. The van der Waals surface area contributed by atoms with Gasteiger partial charge in [-0.25, -0.2) is 9.37 Å². The van der Waals surface area contributed by atoms with Gasteiger partial charge in [0.2, 0.25) is 0 Å². The molecule has 1 aliphatic heterocycles. The first-order chi connectivity index (χ1) is 16.7. The molecule has 4 rings (SSSR count). The lowest BCUT2D eigenvalue weighted by Gasteiger charge is -2.34. The molecule has 4 N–H and O–H groups in total. The molecule has 0 unspecified atom stereocenters. The van der Waals surface area contributed by atoms with Crippen LogP contribution in [0.25, 0.3) is 12.2 Å². The van der Waals surface area contributed by atoms with Gasteiger partial charge in [-0.3, -0.25) is 9.59 Å². The maximum absolute atomic E-state index is 13.5. The number of ether oxygens (including phenoxy) is 1. The van der Waals surface area contributed by atoms with E-state index in [9.17, 15) is 14.0 Å². The highest BCUT2D eigenvalue weighted by molar-refractivity contribution is 5.49. The first kappa shape index (κ1) is 24.8. The van der Waals surface area contributed by atoms with E-state index in [1.54, 1.807) is 12.1 Å². The number of hydrogen-bond acceptors (Lipinski definition) is 5. The summed E-state index contributed by atoms with van der Waals surface area (Å²) in [4.78, 5) is 38.7. The van der Waals surface area contributed by atoms with Gasteiger partial charge in [-0.15, -0.1) is 0 Å². The molecule has 2 aromatic heterocycles. The van der Waals surface area contributed by atoms with E-state index in [-0.39, 0.29) is 22.2 Å². The van der Waals surface area contributed by atoms with Crippen LogP contribution in [-0.4, -0.2) is 45.2 Å². The number of benzene rings is 1. The second kappa shape index (κ2) is 10.5. The van der Waals surface area contributed by atoms with Crippen LogP contribution >= 0.6 is 0 Å². The third-order valence-electron chi connectivity index (χ3n) is 6.16. The molecule has 1 atom stereocenters. The van der Waals surface area contributed by atoms with Crippen LogP contribution < -0.4 is 27.1 Å². The van der Waals surface area contributed by atoms with Crippen molar-refractivity contribution in [2.45, 2.75) is 51.6 Å². The Morgan fingerprint density at radius 1 is 1.14 bits per heavy atom. The summed E-state index contributed by atoms with van der Waals surface area (Å²) >= 11 is 0. The van der Waals surface area contributed by atoms with Crippen LogP contribution in [0.15, 0.2) is 33.9 Å². The van der Waals surface area contributed by atoms with E-state index in [0.717, 1.165) is 50.5 Å². The van der Waals surface area contributed by atoms with E-state index in [4.69, 9.17) is 9.72 Å². The monoisotopic (exact) mass is 481 g/mol. The highest BCUT2D eigenvalue weighted by Crippen LogP contribution is 2.22. The fourth-order valence-electron chi connectivity index (χ4n) is 4.28. The Balaban J connectivity index is 1.60. The molecule has 0 saturated carbocycles. The van der Waals surface area contributed by atoms with Gasteiger partial charge in [-0.2, -0.15) is 0 Å². The fourth-order valence-corrected chi connectivity index (χ4v) is 4.28. The predicted octanol–water partition coefficient (Wildman–Crippen LogP) is 1.41. The summed E-state index contributed by atoms with van der Waals surface area (Å²) in [5, 5.41) is 3.54.